The number of alkyl carbamates (subject to hydrolysis) is 1. The average Bonchev–Trinajstić information content (AvgIpc) is 3.01. The third-order valence-electron chi connectivity index (χ3n) is 3.44. The Bertz CT molecular complexity index is 542. The Labute approximate surface area is 132 Å². The van der Waals surface area contributed by atoms with Gasteiger partial charge in [-0.15, -0.1) is 0 Å². The van der Waals surface area contributed by atoms with E-state index in [9.17, 15) is 14.0 Å². The third kappa shape index (κ3) is 5.20. The maximum absolute atomic E-state index is 14.3. The average molecular weight is 329 g/mol. The summed E-state index contributed by atoms with van der Waals surface area (Å²) in [5.74, 6) is -0.419. The number of piperidine rings is 1. The van der Waals surface area contributed by atoms with E-state index in [0.717, 1.165) is 0 Å². The van der Waals surface area contributed by atoms with E-state index in [1.807, 2.05) is 0 Å². The molecule has 1 aliphatic heterocycles. The summed E-state index contributed by atoms with van der Waals surface area (Å²) < 4.78 is 28.8. The number of ether oxygens (including phenoxy) is 2. The number of aromatic nitrogens is 1. The third-order valence-corrected chi connectivity index (χ3v) is 3.44. The Morgan fingerprint density at radius 1 is 1.43 bits per heavy atom. The molecule has 1 amide bonds. The lowest BCUT2D eigenvalue weighted by Crippen LogP contribution is -2.46. The molecule has 9 heteroatoms. The number of carbonyl (C=O) groups is 2. The largest absolute Gasteiger partial charge is 0.461 e. The normalized spacial score (nSPS) is 16.6. The van der Waals surface area contributed by atoms with Crippen LogP contribution in [0.15, 0.2) is 10.6 Å². The highest BCUT2D eigenvalue weighted by atomic mass is 19.1. The second-order valence-corrected chi connectivity index (χ2v) is 5.23. The minimum absolute atomic E-state index is 0.00303. The van der Waals surface area contributed by atoms with E-state index >= 15 is 0 Å². The van der Waals surface area contributed by atoms with E-state index in [-0.39, 0.29) is 31.2 Å². The topological polar surface area (TPSA) is 103 Å². The van der Waals surface area contributed by atoms with Crippen molar-refractivity contribution in [3.63, 3.8) is 0 Å². The van der Waals surface area contributed by atoms with Crippen LogP contribution >= 0.6 is 0 Å². The molecule has 1 saturated heterocycles. The molecule has 2 N–H and O–H groups in total. The van der Waals surface area contributed by atoms with Crippen LogP contribution in [0.3, 0.4) is 0 Å². The minimum atomic E-state index is -1.41. The van der Waals surface area contributed by atoms with Gasteiger partial charge in [-0.1, -0.05) is 5.16 Å². The van der Waals surface area contributed by atoms with E-state index in [1.165, 1.54) is 6.07 Å². The van der Waals surface area contributed by atoms with Gasteiger partial charge in [0.25, 0.3) is 0 Å². The van der Waals surface area contributed by atoms with Crippen LogP contribution in [0.5, 0.6) is 0 Å². The molecule has 2 rings (SSSR count). The lowest BCUT2D eigenvalue weighted by atomic mass is 9.94. The van der Waals surface area contributed by atoms with Gasteiger partial charge in [-0.2, -0.15) is 0 Å². The van der Waals surface area contributed by atoms with Gasteiger partial charge in [0.15, 0.2) is 18.1 Å². The predicted molar refractivity (Wildman–Crippen MR) is 76.6 cm³/mol. The molecule has 128 valence electrons. The first-order valence-electron chi connectivity index (χ1n) is 7.45. The smallest absolute Gasteiger partial charge is 0.407 e. The Hall–Kier alpha value is -2.16. The van der Waals surface area contributed by atoms with Crippen LogP contribution in [0, 0.1) is 0 Å². The molecule has 1 aromatic rings. The van der Waals surface area contributed by atoms with Crippen LogP contribution < -0.4 is 10.6 Å². The van der Waals surface area contributed by atoms with E-state index in [2.05, 4.69) is 15.8 Å². The van der Waals surface area contributed by atoms with Crippen molar-refractivity contribution in [2.24, 2.45) is 0 Å². The van der Waals surface area contributed by atoms with Gasteiger partial charge in [0.05, 0.1) is 13.2 Å². The van der Waals surface area contributed by atoms with Crippen molar-refractivity contribution in [3.8, 4) is 0 Å². The number of alkyl halides is 1. The number of rotatable bonds is 6. The van der Waals surface area contributed by atoms with Crippen molar-refractivity contribution < 1.29 is 28.0 Å². The molecule has 1 fully saturated rings. The lowest BCUT2D eigenvalue weighted by molar-refractivity contribution is 0.0514. The van der Waals surface area contributed by atoms with Crippen LogP contribution in [-0.2, 0) is 16.1 Å². The minimum Gasteiger partial charge on any atom is -0.461 e. The Morgan fingerprint density at radius 3 is 2.87 bits per heavy atom. The molecule has 0 radical (unpaired) electrons. The Morgan fingerprint density at radius 2 is 2.17 bits per heavy atom. The summed E-state index contributed by atoms with van der Waals surface area (Å²) in [5, 5.41) is 8.96. The van der Waals surface area contributed by atoms with Gasteiger partial charge in [0.1, 0.15) is 5.67 Å². The van der Waals surface area contributed by atoms with E-state index in [0.29, 0.717) is 25.9 Å². The van der Waals surface area contributed by atoms with Gasteiger partial charge < -0.3 is 24.6 Å². The number of halogens is 1. The predicted octanol–water partition coefficient (Wildman–Crippen LogP) is 1.17. The molecule has 0 aliphatic carbocycles. The van der Waals surface area contributed by atoms with Crippen LogP contribution in [0.4, 0.5) is 9.18 Å². The molecule has 2 heterocycles. The van der Waals surface area contributed by atoms with Gasteiger partial charge in [-0.3, -0.25) is 0 Å². The molecule has 0 saturated carbocycles. The summed E-state index contributed by atoms with van der Waals surface area (Å²) in [5.41, 5.74) is -1.41. The summed E-state index contributed by atoms with van der Waals surface area (Å²) in [7, 11) is 0. The van der Waals surface area contributed by atoms with Gasteiger partial charge in [0, 0.05) is 6.07 Å². The number of carbonyl (C=O) groups excluding carboxylic acids is 2. The molecule has 0 spiro atoms. The van der Waals surface area contributed by atoms with Gasteiger partial charge in [-0.25, -0.2) is 14.0 Å². The van der Waals surface area contributed by atoms with Crippen LogP contribution in [-0.4, -0.2) is 49.1 Å². The van der Waals surface area contributed by atoms with E-state index in [4.69, 9.17) is 14.0 Å². The monoisotopic (exact) mass is 329 g/mol. The fraction of sp³-hybridized carbons (Fsp3) is 0.643. The molecule has 0 aromatic carbocycles. The summed E-state index contributed by atoms with van der Waals surface area (Å²) in [6.45, 7) is 2.76. The fourth-order valence-electron chi connectivity index (χ4n) is 2.15. The van der Waals surface area contributed by atoms with Crippen molar-refractivity contribution in [2.75, 3.05) is 26.2 Å². The molecule has 1 aliphatic rings. The maximum Gasteiger partial charge on any atom is 0.407 e. The molecule has 1 aromatic heterocycles. The zero-order chi connectivity index (χ0) is 16.7. The van der Waals surface area contributed by atoms with Gasteiger partial charge >= 0.3 is 12.1 Å². The molecular formula is C14H20FN3O5. The van der Waals surface area contributed by atoms with Crippen molar-refractivity contribution >= 4 is 12.1 Å². The van der Waals surface area contributed by atoms with Crippen LogP contribution in [0.1, 0.15) is 36.0 Å². The molecule has 8 nitrogen and oxygen atoms in total. The van der Waals surface area contributed by atoms with Gasteiger partial charge in [-0.05, 0) is 32.9 Å². The maximum atomic E-state index is 14.3. The van der Waals surface area contributed by atoms with Crippen molar-refractivity contribution in [1.82, 2.24) is 15.8 Å². The number of nitrogens with one attached hydrogen (secondary N) is 2. The Balaban J connectivity index is 1.73. The highest BCUT2D eigenvalue weighted by Crippen LogP contribution is 2.21. The second-order valence-electron chi connectivity index (χ2n) is 5.23. The quantitative estimate of drug-likeness (QED) is 0.755. The van der Waals surface area contributed by atoms with Gasteiger partial charge in [0.2, 0.25) is 0 Å². The van der Waals surface area contributed by atoms with Crippen molar-refractivity contribution in [2.45, 2.75) is 32.0 Å². The SMILES string of the molecule is CCOC(=O)c1cc(COC(=O)NCC2(F)CCNCC2)on1. The zero-order valence-electron chi connectivity index (χ0n) is 12.9. The lowest BCUT2D eigenvalue weighted by Gasteiger charge is -2.29. The molecule has 0 atom stereocenters. The van der Waals surface area contributed by atoms with Crippen LogP contribution in [0.25, 0.3) is 0 Å². The summed E-state index contributed by atoms with van der Waals surface area (Å²) in [6.07, 6.45) is -0.0639. The summed E-state index contributed by atoms with van der Waals surface area (Å²) in [6, 6.07) is 1.33. The summed E-state index contributed by atoms with van der Waals surface area (Å²) >= 11 is 0. The highest BCUT2D eigenvalue weighted by Gasteiger charge is 2.32. The zero-order valence-corrected chi connectivity index (χ0v) is 12.9. The number of nitrogens with zero attached hydrogens (tertiary/aromatic N) is 1. The fourth-order valence-corrected chi connectivity index (χ4v) is 2.15. The van der Waals surface area contributed by atoms with Crippen LogP contribution in [0.2, 0.25) is 0 Å². The first-order chi connectivity index (χ1) is 11.0. The molecule has 0 bridgehead atoms. The van der Waals surface area contributed by atoms with E-state index in [1.54, 1.807) is 6.92 Å². The Kier molecular flexibility index (Phi) is 5.91. The van der Waals surface area contributed by atoms with Crippen molar-refractivity contribution in [1.29, 1.82) is 0 Å². The summed E-state index contributed by atoms with van der Waals surface area (Å²) in [4.78, 5) is 23.0. The van der Waals surface area contributed by atoms with E-state index < -0.39 is 17.7 Å². The number of amides is 1. The highest BCUT2D eigenvalue weighted by molar-refractivity contribution is 5.87. The standard InChI is InChI=1S/C14H20FN3O5/c1-2-21-12(19)11-7-10(23-18-11)8-22-13(20)17-9-14(15)3-5-16-6-4-14/h7,16H,2-6,8-9H2,1H3,(H,17,20). The second kappa shape index (κ2) is 7.91. The first-order valence-corrected chi connectivity index (χ1v) is 7.45. The molecule has 23 heavy (non-hydrogen) atoms. The number of esters is 1. The number of hydrogen-bond donors (Lipinski definition) is 2. The number of hydrogen-bond acceptors (Lipinski definition) is 7. The molecule has 0 unspecified atom stereocenters. The molecular weight excluding hydrogens is 309 g/mol. The first kappa shape index (κ1) is 17.2. The van der Waals surface area contributed by atoms with Crippen molar-refractivity contribution in [3.05, 3.63) is 17.5 Å².